The van der Waals surface area contributed by atoms with Crippen LogP contribution in [0.3, 0.4) is 0 Å². The standard InChI is InChI=1S/C9H19NO4/c1-7(3-4-14-2)10-6-8(11)5-9(12)13/h7-8,10-11H,3-6H2,1-2H3,(H,12,13). The molecule has 0 spiro atoms. The summed E-state index contributed by atoms with van der Waals surface area (Å²) < 4.78 is 4.89. The van der Waals surface area contributed by atoms with Crippen LogP contribution in [-0.4, -0.2) is 48.6 Å². The van der Waals surface area contributed by atoms with E-state index in [-0.39, 0.29) is 12.5 Å². The summed E-state index contributed by atoms with van der Waals surface area (Å²) >= 11 is 0. The molecule has 0 aromatic carbocycles. The lowest BCUT2D eigenvalue weighted by molar-refractivity contribution is -0.139. The number of aliphatic carboxylic acids is 1. The quantitative estimate of drug-likeness (QED) is 0.513. The molecule has 5 nitrogen and oxygen atoms in total. The Balaban J connectivity index is 3.45. The van der Waals surface area contributed by atoms with Gasteiger partial charge in [-0.3, -0.25) is 4.79 Å². The van der Waals surface area contributed by atoms with E-state index in [4.69, 9.17) is 9.84 Å². The van der Waals surface area contributed by atoms with Crippen LogP contribution in [0.25, 0.3) is 0 Å². The van der Waals surface area contributed by atoms with Crippen LogP contribution < -0.4 is 5.32 Å². The largest absolute Gasteiger partial charge is 0.481 e. The second-order valence-electron chi connectivity index (χ2n) is 3.34. The van der Waals surface area contributed by atoms with Crippen molar-refractivity contribution < 1.29 is 19.7 Å². The number of methoxy groups -OCH3 is 1. The van der Waals surface area contributed by atoms with Crippen LogP contribution in [0, 0.1) is 0 Å². The second kappa shape index (κ2) is 7.73. The van der Waals surface area contributed by atoms with Crippen molar-refractivity contribution in [1.82, 2.24) is 5.32 Å². The number of aliphatic hydroxyl groups is 1. The highest BCUT2D eigenvalue weighted by Gasteiger charge is 2.10. The Labute approximate surface area is 84.1 Å². The van der Waals surface area contributed by atoms with E-state index in [1.165, 1.54) is 0 Å². The number of ether oxygens (including phenoxy) is 1. The van der Waals surface area contributed by atoms with Crippen molar-refractivity contribution in [3.05, 3.63) is 0 Å². The van der Waals surface area contributed by atoms with Gasteiger partial charge in [0.15, 0.2) is 0 Å². The Bertz CT molecular complexity index is 163. The maximum Gasteiger partial charge on any atom is 0.306 e. The molecule has 0 aromatic rings. The Morgan fingerprint density at radius 2 is 2.21 bits per heavy atom. The average molecular weight is 205 g/mol. The van der Waals surface area contributed by atoms with Gasteiger partial charge in [0.25, 0.3) is 0 Å². The molecule has 2 unspecified atom stereocenters. The summed E-state index contributed by atoms with van der Waals surface area (Å²) in [4.78, 5) is 10.2. The van der Waals surface area contributed by atoms with Gasteiger partial charge in [0.2, 0.25) is 0 Å². The Morgan fingerprint density at radius 1 is 1.57 bits per heavy atom. The van der Waals surface area contributed by atoms with Crippen LogP contribution in [-0.2, 0) is 9.53 Å². The molecular formula is C9H19NO4. The number of carbonyl (C=O) groups is 1. The molecule has 84 valence electrons. The van der Waals surface area contributed by atoms with Crippen LogP contribution in [0.4, 0.5) is 0 Å². The summed E-state index contributed by atoms with van der Waals surface area (Å²) in [5.41, 5.74) is 0. The molecular weight excluding hydrogens is 186 g/mol. The Hall–Kier alpha value is -0.650. The van der Waals surface area contributed by atoms with E-state index in [2.05, 4.69) is 5.32 Å². The zero-order chi connectivity index (χ0) is 11.0. The normalized spacial score (nSPS) is 15.1. The average Bonchev–Trinajstić information content (AvgIpc) is 2.10. The number of hydrogen-bond donors (Lipinski definition) is 3. The minimum absolute atomic E-state index is 0.218. The Kier molecular flexibility index (Phi) is 7.37. The smallest absolute Gasteiger partial charge is 0.306 e. The van der Waals surface area contributed by atoms with E-state index < -0.39 is 12.1 Å². The fourth-order valence-corrected chi connectivity index (χ4v) is 1.01. The SMILES string of the molecule is COCCC(C)NCC(O)CC(=O)O. The predicted molar refractivity (Wildman–Crippen MR) is 52.2 cm³/mol. The zero-order valence-electron chi connectivity index (χ0n) is 8.69. The number of hydrogen-bond acceptors (Lipinski definition) is 4. The summed E-state index contributed by atoms with van der Waals surface area (Å²) in [7, 11) is 1.63. The van der Waals surface area contributed by atoms with Crippen molar-refractivity contribution in [2.75, 3.05) is 20.3 Å². The molecule has 0 aliphatic rings. The monoisotopic (exact) mass is 205 g/mol. The van der Waals surface area contributed by atoms with Crippen LogP contribution in [0.5, 0.6) is 0 Å². The lowest BCUT2D eigenvalue weighted by Crippen LogP contribution is -2.35. The minimum atomic E-state index is -0.983. The van der Waals surface area contributed by atoms with Crippen LogP contribution in [0.2, 0.25) is 0 Å². The molecule has 0 radical (unpaired) electrons. The molecule has 0 saturated carbocycles. The van der Waals surface area contributed by atoms with Gasteiger partial charge in [0.05, 0.1) is 12.5 Å². The van der Waals surface area contributed by atoms with Gasteiger partial charge in [-0.2, -0.15) is 0 Å². The number of carboxylic acid groups (broad SMARTS) is 1. The van der Waals surface area contributed by atoms with E-state index >= 15 is 0 Å². The van der Waals surface area contributed by atoms with Gasteiger partial charge in [-0.15, -0.1) is 0 Å². The summed E-state index contributed by atoms with van der Waals surface area (Å²) in [5, 5.41) is 20.6. The molecule has 3 N–H and O–H groups in total. The zero-order valence-corrected chi connectivity index (χ0v) is 8.69. The first kappa shape index (κ1) is 13.4. The summed E-state index contributed by atoms with van der Waals surface area (Å²) in [6, 6.07) is 0.221. The molecule has 0 aliphatic carbocycles. The van der Waals surface area contributed by atoms with Gasteiger partial charge < -0.3 is 20.3 Å². The molecule has 0 rings (SSSR count). The molecule has 5 heteroatoms. The van der Waals surface area contributed by atoms with E-state index in [9.17, 15) is 9.90 Å². The molecule has 0 aromatic heterocycles. The van der Waals surface area contributed by atoms with Crippen molar-refractivity contribution in [2.24, 2.45) is 0 Å². The molecule has 14 heavy (non-hydrogen) atoms. The fraction of sp³-hybridized carbons (Fsp3) is 0.889. The fourth-order valence-electron chi connectivity index (χ4n) is 1.01. The lowest BCUT2D eigenvalue weighted by Gasteiger charge is -2.15. The van der Waals surface area contributed by atoms with Crippen molar-refractivity contribution >= 4 is 5.97 Å². The molecule has 0 bridgehead atoms. The highest BCUT2D eigenvalue weighted by molar-refractivity contribution is 5.67. The highest BCUT2D eigenvalue weighted by atomic mass is 16.5. The van der Waals surface area contributed by atoms with Gasteiger partial charge in [-0.05, 0) is 13.3 Å². The number of carboxylic acids is 1. The summed E-state index contributed by atoms with van der Waals surface area (Å²) in [6.07, 6.45) is -0.196. The van der Waals surface area contributed by atoms with Gasteiger partial charge in [0, 0.05) is 26.3 Å². The molecule has 0 fully saturated rings. The third-order valence-corrected chi connectivity index (χ3v) is 1.87. The molecule has 0 amide bonds. The minimum Gasteiger partial charge on any atom is -0.481 e. The van der Waals surface area contributed by atoms with Crippen LogP contribution >= 0.6 is 0 Å². The lowest BCUT2D eigenvalue weighted by atomic mass is 10.2. The van der Waals surface area contributed by atoms with Crippen molar-refractivity contribution in [3.63, 3.8) is 0 Å². The van der Waals surface area contributed by atoms with Crippen molar-refractivity contribution in [2.45, 2.75) is 31.9 Å². The van der Waals surface area contributed by atoms with E-state index in [1.54, 1.807) is 7.11 Å². The van der Waals surface area contributed by atoms with Crippen LogP contribution in [0.1, 0.15) is 19.8 Å². The molecule has 2 atom stereocenters. The van der Waals surface area contributed by atoms with E-state index in [0.29, 0.717) is 13.2 Å². The maximum atomic E-state index is 10.2. The number of aliphatic hydroxyl groups excluding tert-OH is 1. The van der Waals surface area contributed by atoms with E-state index in [0.717, 1.165) is 6.42 Å². The highest BCUT2D eigenvalue weighted by Crippen LogP contribution is 1.94. The molecule has 0 aliphatic heterocycles. The van der Waals surface area contributed by atoms with Crippen molar-refractivity contribution in [3.8, 4) is 0 Å². The molecule has 0 saturated heterocycles. The first-order valence-electron chi connectivity index (χ1n) is 4.68. The topological polar surface area (TPSA) is 78.8 Å². The second-order valence-corrected chi connectivity index (χ2v) is 3.34. The predicted octanol–water partition coefficient (Wildman–Crippen LogP) is -0.163. The van der Waals surface area contributed by atoms with Gasteiger partial charge in [-0.25, -0.2) is 0 Å². The third kappa shape index (κ3) is 7.97. The summed E-state index contributed by atoms with van der Waals surface area (Å²) in [6.45, 7) is 2.92. The van der Waals surface area contributed by atoms with Crippen molar-refractivity contribution in [1.29, 1.82) is 0 Å². The Morgan fingerprint density at radius 3 is 2.71 bits per heavy atom. The maximum absolute atomic E-state index is 10.2. The van der Waals surface area contributed by atoms with Gasteiger partial charge in [-0.1, -0.05) is 0 Å². The number of nitrogens with one attached hydrogen (secondary N) is 1. The van der Waals surface area contributed by atoms with Gasteiger partial charge >= 0.3 is 5.97 Å². The molecule has 0 heterocycles. The number of rotatable bonds is 8. The van der Waals surface area contributed by atoms with E-state index in [1.807, 2.05) is 6.92 Å². The third-order valence-electron chi connectivity index (χ3n) is 1.87. The first-order valence-corrected chi connectivity index (χ1v) is 4.68. The van der Waals surface area contributed by atoms with Crippen LogP contribution in [0.15, 0.2) is 0 Å². The van der Waals surface area contributed by atoms with Gasteiger partial charge in [0.1, 0.15) is 0 Å². The summed E-state index contributed by atoms with van der Waals surface area (Å²) in [5.74, 6) is -0.983. The first-order chi connectivity index (χ1) is 6.56.